The molecular weight excluding hydrogens is 220 g/mol. The minimum Gasteiger partial charge on any atom is -0.330 e. The summed E-state index contributed by atoms with van der Waals surface area (Å²) in [6, 6.07) is 0. The predicted octanol–water partition coefficient (Wildman–Crippen LogP) is 3.65. The van der Waals surface area contributed by atoms with E-state index in [1.807, 2.05) is 0 Å². The minimum absolute atomic E-state index is 0.584. The van der Waals surface area contributed by atoms with Crippen molar-refractivity contribution in [3.63, 3.8) is 0 Å². The molecule has 108 valence electrons. The van der Waals surface area contributed by atoms with Crippen molar-refractivity contribution < 1.29 is 0 Å². The number of piperidine rings is 1. The number of hydrogen-bond donors (Lipinski definition) is 1. The van der Waals surface area contributed by atoms with E-state index in [9.17, 15) is 0 Å². The Hall–Kier alpha value is -0.0800. The Morgan fingerprint density at radius 1 is 1.11 bits per heavy atom. The van der Waals surface area contributed by atoms with Crippen LogP contribution < -0.4 is 5.73 Å². The largest absolute Gasteiger partial charge is 0.330 e. The van der Waals surface area contributed by atoms with E-state index in [1.54, 1.807) is 0 Å². The number of rotatable bonds is 8. The van der Waals surface area contributed by atoms with Gasteiger partial charge in [-0.3, -0.25) is 0 Å². The van der Waals surface area contributed by atoms with Crippen molar-refractivity contribution in [3.8, 4) is 0 Å². The van der Waals surface area contributed by atoms with Gasteiger partial charge in [0.05, 0.1) is 0 Å². The maximum Gasteiger partial charge on any atom is -0.00136 e. The van der Waals surface area contributed by atoms with Gasteiger partial charge in [0.1, 0.15) is 0 Å². The number of likely N-dealkylation sites (tertiary alicyclic amines) is 1. The fraction of sp³-hybridized carbons (Fsp3) is 1.00. The van der Waals surface area contributed by atoms with Crippen LogP contribution >= 0.6 is 0 Å². The lowest BCUT2D eigenvalue weighted by Crippen LogP contribution is -2.37. The van der Waals surface area contributed by atoms with Crippen LogP contribution in [0.1, 0.15) is 65.7 Å². The van der Waals surface area contributed by atoms with Crippen LogP contribution in [0.15, 0.2) is 0 Å². The summed E-state index contributed by atoms with van der Waals surface area (Å²) in [6.07, 6.45) is 9.38. The van der Waals surface area contributed by atoms with Gasteiger partial charge in [-0.15, -0.1) is 0 Å². The molecule has 1 aliphatic heterocycles. The molecule has 1 heterocycles. The Balaban J connectivity index is 2.13. The van der Waals surface area contributed by atoms with E-state index < -0.39 is 0 Å². The highest BCUT2D eigenvalue weighted by atomic mass is 15.1. The van der Waals surface area contributed by atoms with E-state index >= 15 is 0 Å². The van der Waals surface area contributed by atoms with Crippen molar-refractivity contribution in [2.75, 3.05) is 26.2 Å². The fourth-order valence-electron chi connectivity index (χ4n) is 3.06. The molecule has 0 amide bonds. The molecule has 0 aromatic heterocycles. The van der Waals surface area contributed by atoms with Gasteiger partial charge in [0, 0.05) is 0 Å². The fourth-order valence-corrected chi connectivity index (χ4v) is 3.06. The summed E-state index contributed by atoms with van der Waals surface area (Å²) in [5.41, 5.74) is 6.28. The van der Waals surface area contributed by atoms with E-state index in [1.165, 1.54) is 64.6 Å². The lowest BCUT2D eigenvalue weighted by molar-refractivity contribution is 0.129. The first-order valence-corrected chi connectivity index (χ1v) is 8.00. The van der Waals surface area contributed by atoms with Crippen LogP contribution in [0.2, 0.25) is 0 Å². The van der Waals surface area contributed by atoms with Crippen LogP contribution in [-0.4, -0.2) is 31.1 Å². The van der Waals surface area contributed by atoms with E-state index in [-0.39, 0.29) is 0 Å². The topological polar surface area (TPSA) is 29.3 Å². The normalized spacial score (nSPS) is 22.0. The van der Waals surface area contributed by atoms with Crippen LogP contribution in [0, 0.1) is 11.3 Å². The third-order valence-electron chi connectivity index (χ3n) is 4.57. The van der Waals surface area contributed by atoms with E-state index in [2.05, 4.69) is 25.7 Å². The van der Waals surface area contributed by atoms with Crippen LogP contribution in [0.4, 0.5) is 0 Å². The van der Waals surface area contributed by atoms with Crippen molar-refractivity contribution in [2.45, 2.75) is 65.7 Å². The molecule has 0 radical (unpaired) electrons. The van der Waals surface area contributed by atoms with Gasteiger partial charge in [-0.05, 0) is 69.6 Å². The Labute approximate surface area is 114 Å². The van der Waals surface area contributed by atoms with Gasteiger partial charge in [0.25, 0.3) is 0 Å². The van der Waals surface area contributed by atoms with Gasteiger partial charge in [0.15, 0.2) is 0 Å². The average molecular weight is 254 g/mol. The molecule has 1 saturated heterocycles. The zero-order chi connectivity index (χ0) is 13.4. The summed E-state index contributed by atoms with van der Waals surface area (Å²) >= 11 is 0. The molecule has 1 atom stereocenters. The first kappa shape index (κ1) is 16.0. The monoisotopic (exact) mass is 254 g/mol. The number of nitrogens with zero attached hydrogens (tertiary/aromatic N) is 1. The molecule has 0 saturated carbocycles. The molecule has 0 aliphatic carbocycles. The zero-order valence-electron chi connectivity index (χ0n) is 12.9. The SMILES string of the molecule is CCCC(CCN)CCCN1CCC(C)(C)CC1. The van der Waals surface area contributed by atoms with Gasteiger partial charge in [-0.1, -0.05) is 33.6 Å². The van der Waals surface area contributed by atoms with E-state index in [4.69, 9.17) is 5.73 Å². The molecule has 2 N–H and O–H groups in total. The lowest BCUT2D eigenvalue weighted by Gasteiger charge is -2.37. The summed E-state index contributed by atoms with van der Waals surface area (Å²) in [5.74, 6) is 0.876. The summed E-state index contributed by atoms with van der Waals surface area (Å²) in [5, 5.41) is 0. The molecule has 0 aromatic rings. The van der Waals surface area contributed by atoms with Gasteiger partial charge < -0.3 is 10.6 Å². The average Bonchev–Trinajstić information content (AvgIpc) is 2.32. The van der Waals surface area contributed by atoms with Crippen molar-refractivity contribution in [2.24, 2.45) is 17.1 Å². The maximum absolute atomic E-state index is 5.69. The molecular formula is C16H34N2. The standard InChI is InChI=1S/C16H34N2/c1-4-6-15(8-11-17)7-5-12-18-13-9-16(2,3)10-14-18/h15H,4-14,17H2,1-3H3. The summed E-state index contributed by atoms with van der Waals surface area (Å²) in [7, 11) is 0. The van der Waals surface area contributed by atoms with Crippen molar-refractivity contribution in [3.05, 3.63) is 0 Å². The molecule has 2 heteroatoms. The molecule has 1 unspecified atom stereocenters. The third kappa shape index (κ3) is 6.19. The van der Waals surface area contributed by atoms with Gasteiger partial charge >= 0.3 is 0 Å². The second-order valence-electron chi connectivity index (χ2n) is 6.88. The smallest absolute Gasteiger partial charge is 0.00136 e. The molecule has 2 nitrogen and oxygen atoms in total. The minimum atomic E-state index is 0.584. The van der Waals surface area contributed by atoms with Crippen molar-refractivity contribution in [1.29, 1.82) is 0 Å². The molecule has 0 aromatic carbocycles. The van der Waals surface area contributed by atoms with E-state index in [0.29, 0.717) is 5.41 Å². The van der Waals surface area contributed by atoms with Crippen molar-refractivity contribution >= 4 is 0 Å². The molecule has 1 rings (SSSR count). The second-order valence-corrected chi connectivity index (χ2v) is 6.88. The van der Waals surface area contributed by atoms with Crippen LogP contribution in [0.5, 0.6) is 0 Å². The van der Waals surface area contributed by atoms with Gasteiger partial charge in [-0.2, -0.15) is 0 Å². The number of nitrogens with two attached hydrogens (primary N) is 1. The number of hydrogen-bond acceptors (Lipinski definition) is 2. The highest BCUT2D eigenvalue weighted by Gasteiger charge is 2.24. The Morgan fingerprint density at radius 2 is 1.78 bits per heavy atom. The third-order valence-corrected chi connectivity index (χ3v) is 4.57. The first-order valence-electron chi connectivity index (χ1n) is 8.00. The Kier molecular flexibility index (Phi) is 7.25. The molecule has 1 fully saturated rings. The van der Waals surface area contributed by atoms with Crippen molar-refractivity contribution in [1.82, 2.24) is 4.90 Å². The second kappa shape index (κ2) is 8.16. The summed E-state index contributed by atoms with van der Waals surface area (Å²) in [4.78, 5) is 2.66. The van der Waals surface area contributed by atoms with Gasteiger partial charge in [-0.25, -0.2) is 0 Å². The molecule has 1 aliphatic rings. The Bertz CT molecular complexity index is 197. The van der Waals surface area contributed by atoms with E-state index in [0.717, 1.165) is 12.5 Å². The Morgan fingerprint density at radius 3 is 2.33 bits per heavy atom. The van der Waals surface area contributed by atoms with Crippen LogP contribution in [0.25, 0.3) is 0 Å². The molecule has 18 heavy (non-hydrogen) atoms. The first-order chi connectivity index (χ1) is 8.57. The molecule has 0 spiro atoms. The maximum atomic E-state index is 5.69. The quantitative estimate of drug-likeness (QED) is 0.716. The lowest BCUT2D eigenvalue weighted by atomic mass is 9.82. The predicted molar refractivity (Wildman–Crippen MR) is 80.8 cm³/mol. The zero-order valence-corrected chi connectivity index (χ0v) is 12.9. The highest BCUT2D eigenvalue weighted by molar-refractivity contribution is 4.78. The molecule has 0 bridgehead atoms. The van der Waals surface area contributed by atoms with Crippen LogP contribution in [-0.2, 0) is 0 Å². The highest BCUT2D eigenvalue weighted by Crippen LogP contribution is 2.29. The summed E-state index contributed by atoms with van der Waals surface area (Å²) < 4.78 is 0. The van der Waals surface area contributed by atoms with Crippen LogP contribution in [0.3, 0.4) is 0 Å². The van der Waals surface area contributed by atoms with Gasteiger partial charge in [0.2, 0.25) is 0 Å². The summed E-state index contributed by atoms with van der Waals surface area (Å²) in [6.45, 7) is 11.9.